The average Bonchev–Trinajstić information content (AvgIpc) is 2.99. The smallest absolute Gasteiger partial charge is 0.138 e. The van der Waals surface area contributed by atoms with Crippen LogP contribution in [0.1, 0.15) is 5.56 Å². The second-order valence-corrected chi connectivity index (χ2v) is 7.02. The summed E-state index contributed by atoms with van der Waals surface area (Å²) in [6.07, 6.45) is 0. The number of nitrogens with zero attached hydrogens (tertiary/aromatic N) is 2. The Morgan fingerprint density at radius 3 is 2.78 bits per heavy atom. The number of rotatable bonds is 3. The minimum absolute atomic E-state index is 0.189. The van der Waals surface area contributed by atoms with Crippen LogP contribution in [0, 0.1) is 5.82 Å². The third-order valence-corrected chi connectivity index (χ3v) is 5.15. The molecule has 4 rings (SSSR count). The molecule has 0 amide bonds. The lowest BCUT2D eigenvalue weighted by molar-refractivity contribution is 0.294. The number of thioether (sulfide) groups is 1. The molecule has 0 bridgehead atoms. The lowest BCUT2D eigenvalue weighted by Crippen LogP contribution is -2.32. The average molecular weight is 327 g/mol. The first-order chi connectivity index (χ1) is 11.3. The van der Waals surface area contributed by atoms with Gasteiger partial charge in [-0.25, -0.2) is 9.37 Å². The van der Waals surface area contributed by atoms with Crippen LogP contribution in [0.5, 0.6) is 0 Å². The van der Waals surface area contributed by atoms with Gasteiger partial charge in [0.05, 0.1) is 11.0 Å². The molecule has 3 aromatic rings. The van der Waals surface area contributed by atoms with Crippen molar-refractivity contribution in [1.82, 2.24) is 14.9 Å². The van der Waals surface area contributed by atoms with E-state index < -0.39 is 0 Å². The van der Waals surface area contributed by atoms with Gasteiger partial charge in [-0.1, -0.05) is 12.1 Å². The lowest BCUT2D eigenvalue weighted by Gasteiger charge is -2.26. The molecule has 0 atom stereocenters. The Balaban J connectivity index is 1.72. The van der Waals surface area contributed by atoms with Crippen LogP contribution in [0.4, 0.5) is 4.39 Å². The standard InChI is InChI=1S/C18H18FN3S/c19-14-5-6-15(13(11-14)12-22-7-9-23-10-8-22)18-20-16-3-1-2-4-17(16)21-18/h1-6,11H,7-10,12H2,(H,20,21). The molecule has 23 heavy (non-hydrogen) atoms. The number of H-pyrrole nitrogens is 1. The number of hydrogen-bond acceptors (Lipinski definition) is 3. The van der Waals surface area contributed by atoms with Crippen LogP contribution >= 0.6 is 11.8 Å². The van der Waals surface area contributed by atoms with Crippen molar-refractivity contribution in [2.75, 3.05) is 24.6 Å². The van der Waals surface area contributed by atoms with Gasteiger partial charge in [-0.2, -0.15) is 11.8 Å². The van der Waals surface area contributed by atoms with E-state index in [2.05, 4.69) is 14.9 Å². The highest BCUT2D eigenvalue weighted by atomic mass is 32.2. The second-order valence-electron chi connectivity index (χ2n) is 5.79. The summed E-state index contributed by atoms with van der Waals surface area (Å²) in [5.41, 5.74) is 3.93. The van der Waals surface area contributed by atoms with E-state index >= 15 is 0 Å². The largest absolute Gasteiger partial charge is 0.338 e. The molecule has 3 nitrogen and oxygen atoms in total. The minimum Gasteiger partial charge on any atom is -0.338 e. The van der Waals surface area contributed by atoms with Gasteiger partial charge in [-0.05, 0) is 35.9 Å². The van der Waals surface area contributed by atoms with Gasteiger partial charge in [0.2, 0.25) is 0 Å². The van der Waals surface area contributed by atoms with E-state index in [9.17, 15) is 4.39 Å². The van der Waals surface area contributed by atoms with E-state index in [1.807, 2.05) is 42.1 Å². The second kappa shape index (κ2) is 6.34. The molecule has 0 aliphatic carbocycles. The summed E-state index contributed by atoms with van der Waals surface area (Å²) in [5, 5.41) is 0. The molecule has 1 fully saturated rings. The van der Waals surface area contributed by atoms with E-state index in [-0.39, 0.29) is 5.82 Å². The highest BCUT2D eigenvalue weighted by molar-refractivity contribution is 7.99. The van der Waals surface area contributed by atoms with E-state index in [1.54, 1.807) is 6.07 Å². The Hall–Kier alpha value is -1.85. The predicted octanol–water partition coefficient (Wildman–Crippen LogP) is 3.92. The van der Waals surface area contributed by atoms with Crippen molar-refractivity contribution in [2.24, 2.45) is 0 Å². The molecule has 1 aromatic heterocycles. The summed E-state index contributed by atoms with van der Waals surface area (Å²) in [7, 11) is 0. The zero-order valence-electron chi connectivity index (χ0n) is 12.8. The topological polar surface area (TPSA) is 31.9 Å². The summed E-state index contributed by atoms with van der Waals surface area (Å²) in [5.74, 6) is 2.92. The molecule has 0 spiro atoms. The maximum atomic E-state index is 13.8. The van der Waals surface area contributed by atoms with Gasteiger partial charge < -0.3 is 4.98 Å². The van der Waals surface area contributed by atoms with Gasteiger partial charge in [0.15, 0.2) is 0 Å². The molecule has 0 unspecified atom stereocenters. The van der Waals surface area contributed by atoms with Crippen molar-refractivity contribution >= 4 is 22.8 Å². The quantitative estimate of drug-likeness (QED) is 0.791. The van der Waals surface area contributed by atoms with Crippen LogP contribution in [-0.2, 0) is 6.54 Å². The van der Waals surface area contributed by atoms with Gasteiger partial charge in [-0.3, -0.25) is 4.90 Å². The molecule has 1 N–H and O–H groups in total. The lowest BCUT2D eigenvalue weighted by atomic mass is 10.1. The zero-order chi connectivity index (χ0) is 15.6. The van der Waals surface area contributed by atoms with Crippen LogP contribution < -0.4 is 0 Å². The number of hydrogen-bond donors (Lipinski definition) is 1. The summed E-state index contributed by atoms with van der Waals surface area (Å²) in [6, 6.07) is 13.0. The van der Waals surface area contributed by atoms with Crippen molar-refractivity contribution in [1.29, 1.82) is 0 Å². The summed E-state index contributed by atoms with van der Waals surface area (Å²) >= 11 is 1.98. The van der Waals surface area contributed by atoms with Crippen LogP contribution in [0.25, 0.3) is 22.4 Å². The van der Waals surface area contributed by atoms with Crippen molar-refractivity contribution in [3.8, 4) is 11.4 Å². The SMILES string of the molecule is Fc1ccc(-c2nc3ccccc3[nH]2)c(CN2CCSCC2)c1. The van der Waals surface area contributed by atoms with Crippen LogP contribution in [0.15, 0.2) is 42.5 Å². The maximum Gasteiger partial charge on any atom is 0.138 e. The third-order valence-electron chi connectivity index (χ3n) is 4.21. The summed E-state index contributed by atoms with van der Waals surface area (Å²) in [4.78, 5) is 10.4. The Bertz CT molecular complexity index is 791. The number of para-hydroxylation sites is 2. The molecule has 1 aliphatic heterocycles. The van der Waals surface area contributed by atoms with Crippen molar-refractivity contribution in [3.05, 3.63) is 53.8 Å². The Kier molecular flexibility index (Phi) is 4.06. The van der Waals surface area contributed by atoms with E-state index in [4.69, 9.17) is 0 Å². The van der Waals surface area contributed by atoms with E-state index in [0.29, 0.717) is 0 Å². The van der Waals surface area contributed by atoms with E-state index in [1.165, 1.54) is 6.07 Å². The predicted molar refractivity (Wildman–Crippen MR) is 94.1 cm³/mol. The summed E-state index contributed by atoms with van der Waals surface area (Å²) < 4.78 is 13.8. The minimum atomic E-state index is -0.189. The Morgan fingerprint density at radius 2 is 1.96 bits per heavy atom. The molecule has 118 valence electrons. The normalized spacial score (nSPS) is 16.0. The zero-order valence-corrected chi connectivity index (χ0v) is 13.6. The first-order valence-corrected chi connectivity index (χ1v) is 8.99. The number of benzene rings is 2. The number of fused-ring (bicyclic) bond motifs is 1. The van der Waals surface area contributed by atoms with Gasteiger partial charge in [0.25, 0.3) is 0 Å². The van der Waals surface area contributed by atoms with Gasteiger partial charge in [0, 0.05) is 36.7 Å². The van der Waals surface area contributed by atoms with Crippen molar-refractivity contribution in [3.63, 3.8) is 0 Å². The third kappa shape index (κ3) is 3.12. The van der Waals surface area contributed by atoms with Gasteiger partial charge >= 0.3 is 0 Å². The fourth-order valence-corrected chi connectivity index (χ4v) is 3.98. The molecular formula is C18H18FN3S. The highest BCUT2D eigenvalue weighted by Crippen LogP contribution is 2.26. The molecule has 5 heteroatoms. The molecular weight excluding hydrogens is 309 g/mol. The van der Waals surface area contributed by atoms with Gasteiger partial charge in [-0.15, -0.1) is 0 Å². The molecule has 2 heterocycles. The first-order valence-electron chi connectivity index (χ1n) is 7.83. The van der Waals surface area contributed by atoms with E-state index in [0.717, 1.165) is 59.1 Å². The number of aromatic nitrogens is 2. The molecule has 0 saturated carbocycles. The van der Waals surface area contributed by atoms with Crippen LogP contribution in [-0.4, -0.2) is 39.5 Å². The number of imidazole rings is 1. The molecule has 0 radical (unpaired) electrons. The highest BCUT2D eigenvalue weighted by Gasteiger charge is 2.16. The molecule has 1 saturated heterocycles. The molecule has 2 aromatic carbocycles. The van der Waals surface area contributed by atoms with Gasteiger partial charge in [0.1, 0.15) is 11.6 Å². The number of aromatic amines is 1. The fourth-order valence-electron chi connectivity index (χ4n) is 3.00. The first kappa shape index (κ1) is 14.7. The molecule has 1 aliphatic rings. The Labute approximate surface area is 138 Å². The Morgan fingerprint density at radius 1 is 1.13 bits per heavy atom. The number of nitrogens with one attached hydrogen (secondary N) is 1. The maximum absolute atomic E-state index is 13.8. The monoisotopic (exact) mass is 327 g/mol. The van der Waals surface area contributed by atoms with Crippen molar-refractivity contribution in [2.45, 2.75) is 6.54 Å². The van der Waals surface area contributed by atoms with Crippen LogP contribution in [0.2, 0.25) is 0 Å². The number of halogens is 1. The summed E-state index contributed by atoms with van der Waals surface area (Å²) in [6.45, 7) is 2.88. The van der Waals surface area contributed by atoms with Crippen LogP contribution in [0.3, 0.4) is 0 Å². The van der Waals surface area contributed by atoms with Crippen molar-refractivity contribution < 1.29 is 4.39 Å². The fraction of sp³-hybridized carbons (Fsp3) is 0.278.